The lowest BCUT2D eigenvalue weighted by molar-refractivity contribution is -0.121. The Bertz CT molecular complexity index is 404. The summed E-state index contributed by atoms with van der Waals surface area (Å²) in [5.74, 6) is -0.0613. The number of nitrogens with one attached hydrogen (secondary N) is 1. The van der Waals surface area contributed by atoms with E-state index in [9.17, 15) is 4.79 Å². The second kappa shape index (κ2) is 7.38. The van der Waals surface area contributed by atoms with E-state index in [-0.39, 0.29) is 12.5 Å². The van der Waals surface area contributed by atoms with Gasteiger partial charge in [0.2, 0.25) is 5.91 Å². The quantitative estimate of drug-likeness (QED) is 0.770. The van der Waals surface area contributed by atoms with Gasteiger partial charge in [-0.05, 0) is 27.2 Å². The van der Waals surface area contributed by atoms with Crippen molar-refractivity contribution in [2.45, 2.75) is 33.7 Å². The van der Waals surface area contributed by atoms with Crippen LogP contribution in [-0.4, -0.2) is 35.4 Å². The van der Waals surface area contributed by atoms with Gasteiger partial charge in [0.05, 0.1) is 16.4 Å². The molecule has 1 aromatic rings. The Labute approximate surface area is 112 Å². The van der Waals surface area contributed by atoms with Gasteiger partial charge in [0, 0.05) is 19.8 Å². The van der Waals surface area contributed by atoms with Gasteiger partial charge >= 0.3 is 0 Å². The number of nitrogens with zero attached hydrogens (tertiary/aromatic N) is 2. The van der Waals surface area contributed by atoms with Crippen LogP contribution >= 0.6 is 11.6 Å². The zero-order valence-corrected chi connectivity index (χ0v) is 11.9. The number of amides is 1. The highest BCUT2D eigenvalue weighted by molar-refractivity contribution is 6.31. The van der Waals surface area contributed by atoms with Crippen LogP contribution in [0.2, 0.25) is 5.02 Å². The minimum atomic E-state index is -0.0613. The van der Waals surface area contributed by atoms with Crippen LogP contribution in [0, 0.1) is 13.8 Å². The summed E-state index contributed by atoms with van der Waals surface area (Å²) >= 11 is 6.01. The number of rotatable bonds is 7. The molecule has 0 bridgehead atoms. The predicted molar refractivity (Wildman–Crippen MR) is 70.8 cm³/mol. The average Bonchev–Trinajstić information content (AvgIpc) is 2.57. The highest BCUT2D eigenvalue weighted by Crippen LogP contribution is 2.18. The van der Waals surface area contributed by atoms with Crippen LogP contribution in [0.15, 0.2) is 0 Å². The minimum Gasteiger partial charge on any atom is -0.382 e. The third kappa shape index (κ3) is 4.31. The van der Waals surface area contributed by atoms with Crippen LogP contribution in [0.1, 0.15) is 24.7 Å². The Morgan fingerprint density at radius 3 is 2.78 bits per heavy atom. The lowest BCUT2D eigenvalue weighted by atomic mass is 10.4. The summed E-state index contributed by atoms with van der Waals surface area (Å²) in [6.45, 7) is 7.82. The van der Waals surface area contributed by atoms with E-state index in [1.807, 2.05) is 20.8 Å². The molecule has 6 heteroatoms. The highest BCUT2D eigenvalue weighted by atomic mass is 35.5. The van der Waals surface area contributed by atoms with Crippen molar-refractivity contribution in [3.63, 3.8) is 0 Å². The summed E-state index contributed by atoms with van der Waals surface area (Å²) < 4.78 is 6.81. The maximum absolute atomic E-state index is 11.7. The molecule has 102 valence electrons. The molecule has 0 radical (unpaired) electrons. The molecular formula is C12H20ClN3O2. The van der Waals surface area contributed by atoms with E-state index in [4.69, 9.17) is 16.3 Å². The largest absolute Gasteiger partial charge is 0.382 e. The van der Waals surface area contributed by atoms with Crippen molar-refractivity contribution in [1.82, 2.24) is 15.1 Å². The summed E-state index contributed by atoms with van der Waals surface area (Å²) in [6, 6.07) is 0. The Kier molecular flexibility index (Phi) is 6.15. The van der Waals surface area contributed by atoms with Crippen LogP contribution in [0.5, 0.6) is 0 Å². The fourth-order valence-electron chi connectivity index (χ4n) is 1.57. The van der Waals surface area contributed by atoms with Crippen LogP contribution in [0.25, 0.3) is 0 Å². The maximum Gasteiger partial charge on any atom is 0.241 e. The second-order valence-electron chi connectivity index (χ2n) is 4.04. The Morgan fingerprint density at radius 1 is 1.50 bits per heavy atom. The Hall–Kier alpha value is -1.07. The first-order valence-corrected chi connectivity index (χ1v) is 6.48. The third-order valence-corrected chi connectivity index (χ3v) is 3.13. The zero-order valence-electron chi connectivity index (χ0n) is 11.1. The van der Waals surface area contributed by atoms with Crippen molar-refractivity contribution in [3.05, 3.63) is 16.4 Å². The van der Waals surface area contributed by atoms with Crippen molar-refractivity contribution in [2.24, 2.45) is 0 Å². The summed E-state index contributed by atoms with van der Waals surface area (Å²) in [6.07, 6.45) is 0.817. The van der Waals surface area contributed by atoms with Crippen molar-refractivity contribution < 1.29 is 9.53 Å². The number of carbonyl (C=O) groups excluding carboxylic acids is 1. The molecule has 0 aliphatic carbocycles. The molecule has 5 nitrogen and oxygen atoms in total. The minimum absolute atomic E-state index is 0.0613. The molecule has 0 aromatic carbocycles. The van der Waals surface area contributed by atoms with Crippen LogP contribution < -0.4 is 5.32 Å². The van der Waals surface area contributed by atoms with E-state index in [0.29, 0.717) is 24.8 Å². The first-order chi connectivity index (χ1) is 8.56. The van der Waals surface area contributed by atoms with Gasteiger partial charge in [0.15, 0.2) is 0 Å². The first kappa shape index (κ1) is 15.0. The third-order valence-electron chi connectivity index (χ3n) is 2.58. The fraction of sp³-hybridized carbons (Fsp3) is 0.667. The molecule has 0 saturated heterocycles. The molecule has 0 fully saturated rings. The van der Waals surface area contributed by atoms with Crippen molar-refractivity contribution >= 4 is 17.5 Å². The molecule has 1 amide bonds. The topological polar surface area (TPSA) is 56.1 Å². The van der Waals surface area contributed by atoms with E-state index in [2.05, 4.69) is 10.4 Å². The van der Waals surface area contributed by atoms with E-state index >= 15 is 0 Å². The molecule has 1 rings (SSSR count). The smallest absolute Gasteiger partial charge is 0.241 e. The Balaban J connectivity index is 2.33. The van der Waals surface area contributed by atoms with Gasteiger partial charge in [-0.25, -0.2) is 0 Å². The van der Waals surface area contributed by atoms with Crippen LogP contribution in [0.4, 0.5) is 0 Å². The molecule has 1 N–H and O–H groups in total. The van der Waals surface area contributed by atoms with Gasteiger partial charge in [-0.15, -0.1) is 0 Å². The summed E-state index contributed by atoms with van der Waals surface area (Å²) in [5.41, 5.74) is 1.57. The second-order valence-corrected chi connectivity index (χ2v) is 4.42. The van der Waals surface area contributed by atoms with Gasteiger partial charge < -0.3 is 10.1 Å². The summed E-state index contributed by atoms with van der Waals surface area (Å²) in [7, 11) is 0. The molecule has 0 atom stereocenters. The molecule has 0 saturated carbocycles. The van der Waals surface area contributed by atoms with Gasteiger partial charge in [-0.1, -0.05) is 11.6 Å². The number of aromatic nitrogens is 2. The van der Waals surface area contributed by atoms with E-state index in [0.717, 1.165) is 17.8 Å². The molecule has 0 unspecified atom stereocenters. The summed E-state index contributed by atoms with van der Waals surface area (Å²) in [5, 5.41) is 7.65. The molecule has 0 aliphatic rings. The normalized spacial score (nSPS) is 10.7. The molecule has 1 heterocycles. The van der Waals surface area contributed by atoms with E-state index in [1.165, 1.54) is 0 Å². The lowest BCUT2D eigenvalue weighted by Crippen LogP contribution is -2.29. The fourth-order valence-corrected chi connectivity index (χ4v) is 1.70. The monoisotopic (exact) mass is 273 g/mol. The molecule has 0 spiro atoms. The molecule has 1 aromatic heterocycles. The van der Waals surface area contributed by atoms with Gasteiger partial charge in [0.1, 0.15) is 6.54 Å². The maximum atomic E-state index is 11.7. The SMILES string of the molecule is CCOCCCNC(=O)Cn1nc(C)c(Cl)c1C. The molecular weight excluding hydrogens is 254 g/mol. The molecule has 0 aliphatic heterocycles. The van der Waals surface area contributed by atoms with E-state index < -0.39 is 0 Å². The van der Waals surface area contributed by atoms with Crippen molar-refractivity contribution in [1.29, 1.82) is 0 Å². The highest BCUT2D eigenvalue weighted by Gasteiger charge is 2.11. The van der Waals surface area contributed by atoms with Gasteiger partial charge in [0.25, 0.3) is 0 Å². The van der Waals surface area contributed by atoms with Crippen LogP contribution in [-0.2, 0) is 16.1 Å². The Morgan fingerprint density at radius 2 is 2.22 bits per heavy atom. The van der Waals surface area contributed by atoms with Gasteiger partial charge in [-0.2, -0.15) is 5.10 Å². The van der Waals surface area contributed by atoms with Crippen LogP contribution in [0.3, 0.4) is 0 Å². The number of hydrogen-bond donors (Lipinski definition) is 1. The lowest BCUT2D eigenvalue weighted by Gasteiger charge is -2.06. The van der Waals surface area contributed by atoms with Crippen molar-refractivity contribution in [2.75, 3.05) is 19.8 Å². The van der Waals surface area contributed by atoms with Gasteiger partial charge in [-0.3, -0.25) is 9.48 Å². The number of aryl methyl sites for hydroxylation is 1. The first-order valence-electron chi connectivity index (χ1n) is 6.10. The predicted octanol–water partition coefficient (Wildman–Crippen LogP) is 1.70. The summed E-state index contributed by atoms with van der Waals surface area (Å²) in [4.78, 5) is 11.7. The molecule has 18 heavy (non-hydrogen) atoms. The number of ether oxygens (including phenoxy) is 1. The van der Waals surface area contributed by atoms with Crippen molar-refractivity contribution in [3.8, 4) is 0 Å². The standard InChI is InChI=1S/C12H20ClN3O2/c1-4-18-7-5-6-14-11(17)8-16-10(3)12(13)9(2)15-16/h4-8H2,1-3H3,(H,14,17). The number of halogens is 1. The zero-order chi connectivity index (χ0) is 13.5. The number of carbonyl (C=O) groups is 1. The van der Waals surface area contributed by atoms with E-state index in [1.54, 1.807) is 4.68 Å². The average molecular weight is 274 g/mol. The number of hydrogen-bond acceptors (Lipinski definition) is 3.